The Morgan fingerprint density at radius 3 is 1.89 bits per heavy atom. The van der Waals surface area contributed by atoms with E-state index in [1.54, 1.807) is 26.0 Å². The van der Waals surface area contributed by atoms with Crippen molar-refractivity contribution in [3.05, 3.63) is 29.8 Å². The van der Waals surface area contributed by atoms with Crippen LogP contribution in [-0.4, -0.2) is 75.2 Å². The monoisotopic (exact) mass is 495 g/mol. The summed E-state index contributed by atoms with van der Waals surface area (Å²) in [5.41, 5.74) is 11.8. The quantitative estimate of drug-likeness (QED) is 0.147. The summed E-state index contributed by atoms with van der Waals surface area (Å²) in [6, 6.07) is 0.669. The maximum absolute atomic E-state index is 12.9. The van der Waals surface area contributed by atoms with E-state index in [4.69, 9.17) is 16.6 Å². The molecule has 0 aliphatic rings. The van der Waals surface area contributed by atoms with Crippen LogP contribution in [0.4, 0.5) is 0 Å². The number of hydrogen-bond donors (Lipinski definition) is 8. The largest absolute Gasteiger partial charge is 0.508 e. The normalized spacial score (nSPS) is 15.3. The molecule has 0 heterocycles. The lowest BCUT2D eigenvalue weighted by atomic mass is 10.0. The van der Waals surface area contributed by atoms with E-state index in [0.717, 1.165) is 6.92 Å². The van der Waals surface area contributed by atoms with E-state index in [1.165, 1.54) is 12.1 Å². The maximum atomic E-state index is 12.9. The Morgan fingerprint density at radius 2 is 1.43 bits per heavy atom. The van der Waals surface area contributed by atoms with E-state index in [9.17, 15) is 34.2 Å². The Labute approximate surface area is 202 Å². The molecule has 5 atom stereocenters. The number of aliphatic hydroxyl groups is 1. The van der Waals surface area contributed by atoms with Crippen LogP contribution in [0.2, 0.25) is 0 Å². The molecule has 13 heteroatoms. The summed E-state index contributed by atoms with van der Waals surface area (Å²) in [7, 11) is 0. The fourth-order valence-electron chi connectivity index (χ4n) is 3.09. The molecule has 0 aliphatic carbocycles. The average Bonchev–Trinajstić information content (AvgIpc) is 2.75. The lowest BCUT2D eigenvalue weighted by Crippen LogP contribution is -2.60. The molecule has 0 saturated carbocycles. The van der Waals surface area contributed by atoms with Crippen LogP contribution in [-0.2, 0) is 30.4 Å². The van der Waals surface area contributed by atoms with Gasteiger partial charge in [-0.25, -0.2) is 4.79 Å². The molecule has 13 nitrogen and oxygen atoms in total. The fourth-order valence-corrected chi connectivity index (χ4v) is 3.09. The number of amides is 4. The minimum Gasteiger partial charge on any atom is -0.508 e. The van der Waals surface area contributed by atoms with Crippen molar-refractivity contribution in [3.63, 3.8) is 0 Å². The molecule has 194 valence electrons. The van der Waals surface area contributed by atoms with Gasteiger partial charge in [0, 0.05) is 0 Å². The van der Waals surface area contributed by atoms with E-state index in [1.807, 2.05) is 5.32 Å². The standard InChI is InChI=1S/C22H33N5O8/c1-10(2)17(26-19(31)14(23)8-12-4-6-13(29)7-5-12)21(33)25-15(9-16(24)30)20(32)27-18(11(3)28)22(34)35/h4-7,10-11,14-15,17-18,28-29H,8-9,23H2,1-3H3,(H2,24,30)(H,25,33)(H,26,31)(H,27,32)(H,34,35)/t11-,14+,15+,17+,18+/m1/s1. The first kappa shape index (κ1) is 29.3. The third-order valence-corrected chi connectivity index (χ3v) is 5.06. The number of phenolic OH excluding ortho intramolecular Hbond substituents is 1. The van der Waals surface area contributed by atoms with Crippen molar-refractivity contribution in [2.24, 2.45) is 17.4 Å². The fraction of sp³-hybridized carbons (Fsp3) is 0.500. The van der Waals surface area contributed by atoms with Crippen LogP contribution in [0.15, 0.2) is 24.3 Å². The number of carboxylic acids is 1. The molecular weight excluding hydrogens is 462 g/mol. The van der Waals surface area contributed by atoms with Crippen molar-refractivity contribution in [2.45, 2.75) is 63.9 Å². The summed E-state index contributed by atoms with van der Waals surface area (Å²) < 4.78 is 0. The van der Waals surface area contributed by atoms with Gasteiger partial charge >= 0.3 is 5.97 Å². The molecule has 0 bridgehead atoms. The van der Waals surface area contributed by atoms with E-state index < -0.39 is 72.2 Å². The SMILES string of the molecule is CC(C)[C@H](NC(=O)[C@@H](N)Cc1ccc(O)cc1)C(=O)N[C@@H](CC(N)=O)C(=O)N[C@H](C(=O)O)[C@@H](C)O. The van der Waals surface area contributed by atoms with Gasteiger partial charge in [-0.15, -0.1) is 0 Å². The predicted octanol–water partition coefficient (Wildman–Crippen LogP) is -2.29. The third kappa shape index (κ3) is 9.59. The van der Waals surface area contributed by atoms with Crippen molar-refractivity contribution in [3.8, 4) is 5.75 Å². The number of phenols is 1. The number of benzene rings is 1. The van der Waals surface area contributed by atoms with Gasteiger partial charge in [0.25, 0.3) is 0 Å². The highest BCUT2D eigenvalue weighted by Crippen LogP contribution is 2.11. The van der Waals surface area contributed by atoms with Crippen LogP contribution in [0.5, 0.6) is 5.75 Å². The Hall–Kier alpha value is -3.71. The lowest BCUT2D eigenvalue weighted by molar-refractivity contribution is -0.145. The topological polar surface area (TPSA) is 234 Å². The van der Waals surface area contributed by atoms with Crippen molar-refractivity contribution >= 4 is 29.6 Å². The zero-order chi connectivity index (χ0) is 26.9. The molecule has 1 aromatic carbocycles. The average molecular weight is 496 g/mol. The number of nitrogens with one attached hydrogen (secondary N) is 3. The van der Waals surface area contributed by atoms with E-state index in [-0.39, 0.29) is 12.2 Å². The summed E-state index contributed by atoms with van der Waals surface area (Å²) >= 11 is 0. The van der Waals surface area contributed by atoms with Gasteiger partial charge in [-0.05, 0) is 37.0 Å². The van der Waals surface area contributed by atoms with Crippen LogP contribution in [0.25, 0.3) is 0 Å². The first-order valence-corrected chi connectivity index (χ1v) is 10.9. The predicted molar refractivity (Wildman–Crippen MR) is 124 cm³/mol. The third-order valence-electron chi connectivity index (χ3n) is 5.06. The number of hydrogen-bond acceptors (Lipinski definition) is 8. The second-order valence-electron chi connectivity index (χ2n) is 8.50. The number of carbonyl (C=O) groups is 5. The number of nitrogens with two attached hydrogens (primary N) is 2. The van der Waals surface area contributed by atoms with Gasteiger partial charge in [-0.3, -0.25) is 19.2 Å². The van der Waals surface area contributed by atoms with E-state index in [0.29, 0.717) is 5.56 Å². The molecular formula is C22H33N5O8. The summed E-state index contributed by atoms with van der Waals surface area (Å²) in [6.07, 6.45) is -1.98. The molecule has 0 aliphatic heterocycles. The highest BCUT2D eigenvalue weighted by atomic mass is 16.4. The molecule has 1 rings (SSSR count). The van der Waals surface area contributed by atoms with Gasteiger partial charge in [0.1, 0.15) is 17.8 Å². The molecule has 0 saturated heterocycles. The highest BCUT2D eigenvalue weighted by Gasteiger charge is 2.33. The maximum Gasteiger partial charge on any atom is 0.328 e. The lowest BCUT2D eigenvalue weighted by Gasteiger charge is -2.27. The smallest absolute Gasteiger partial charge is 0.328 e. The number of carbonyl (C=O) groups excluding carboxylic acids is 4. The molecule has 4 amide bonds. The van der Waals surface area contributed by atoms with Crippen LogP contribution < -0.4 is 27.4 Å². The molecule has 0 unspecified atom stereocenters. The van der Waals surface area contributed by atoms with Gasteiger partial charge in [-0.2, -0.15) is 0 Å². The summed E-state index contributed by atoms with van der Waals surface area (Å²) in [5, 5.41) is 34.9. The van der Waals surface area contributed by atoms with Crippen molar-refractivity contribution < 1.29 is 39.3 Å². The van der Waals surface area contributed by atoms with E-state index >= 15 is 0 Å². The molecule has 35 heavy (non-hydrogen) atoms. The molecule has 0 radical (unpaired) electrons. The highest BCUT2D eigenvalue weighted by molar-refractivity contribution is 5.96. The number of rotatable bonds is 13. The van der Waals surface area contributed by atoms with Crippen LogP contribution in [0.1, 0.15) is 32.8 Å². The number of aromatic hydroxyl groups is 1. The minimum atomic E-state index is -1.69. The van der Waals surface area contributed by atoms with Crippen molar-refractivity contribution in [1.82, 2.24) is 16.0 Å². The van der Waals surface area contributed by atoms with Crippen molar-refractivity contribution in [2.75, 3.05) is 0 Å². The van der Waals surface area contributed by atoms with Crippen LogP contribution >= 0.6 is 0 Å². The van der Waals surface area contributed by atoms with Crippen LogP contribution in [0, 0.1) is 5.92 Å². The zero-order valence-electron chi connectivity index (χ0n) is 19.7. The van der Waals surface area contributed by atoms with Gasteiger partial charge in [0.2, 0.25) is 23.6 Å². The minimum absolute atomic E-state index is 0.0565. The zero-order valence-corrected chi connectivity index (χ0v) is 19.7. The number of aliphatic hydroxyl groups excluding tert-OH is 1. The second-order valence-corrected chi connectivity index (χ2v) is 8.50. The summed E-state index contributed by atoms with van der Waals surface area (Å²) in [6.45, 7) is 4.41. The molecule has 0 fully saturated rings. The first-order chi connectivity index (χ1) is 16.2. The Balaban J connectivity index is 2.93. The van der Waals surface area contributed by atoms with Crippen LogP contribution in [0.3, 0.4) is 0 Å². The molecule has 1 aromatic rings. The van der Waals surface area contributed by atoms with Crippen molar-refractivity contribution in [1.29, 1.82) is 0 Å². The Kier molecular flexibility index (Phi) is 11.1. The Morgan fingerprint density at radius 1 is 0.886 bits per heavy atom. The molecule has 10 N–H and O–H groups in total. The van der Waals surface area contributed by atoms with Gasteiger partial charge < -0.3 is 42.7 Å². The number of aliphatic carboxylic acids is 1. The first-order valence-electron chi connectivity index (χ1n) is 10.9. The number of carboxylic acid groups (broad SMARTS) is 1. The Bertz CT molecular complexity index is 919. The molecule has 0 spiro atoms. The van der Waals surface area contributed by atoms with Gasteiger partial charge in [0.15, 0.2) is 6.04 Å². The van der Waals surface area contributed by atoms with E-state index in [2.05, 4.69) is 10.6 Å². The van der Waals surface area contributed by atoms with Gasteiger partial charge in [0.05, 0.1) is 18.6 Å². The second kappa shape index (κ2) is 13.2. The molecule has 0 aromatic heterocycles. The summed E-state index contributed by atoms with van der Waals surface area (Å²) in [5.74, 6) is -5.40. The van der Waals surface area contributed by atoms with Gasteiger partial charge in [-0.1, -0.05) is 26.0 Å². The summed E-state index contributed by atoms with van der Waals surface area (Å²) in [4.78, 5) is 60.7. The number of primary amides is 1.